The minimum absolute atomic E-state index is 0.250. The summed E-state index contributed by atoms with van der Waals surface area (Å²) < 4.78 is 13.0. The molecule has 1 unspecified atom stereocenters. The maximum atomic E-state index is 13.0. The molecule has 2 amide bonds. The normalized spacial score (nSPS) is 15.9. The molecule has 2 aromatic rings. The van der Waals surface area contributed by atoms with Crippen molar-refractivity contribution in [1.82, 2.24) is 15.8 Å². The van der Waals surface area contributed by atoms with Crippen LogP contribution in [0.5, 0.6) is 0 Å². The van der Waals surface area contributed by atoms with E-state index in [1.54, 1.807) is 36.4 Å². The average Bonchev–Trinajstić information content (AvgIpc) is 2.72. The number of rotatable bonds is 4. The molecule has 7 heteroatoms. The lowest BCUT2D eigenvalue weighted by Gasteiger charge is -2.38. The van der Waals surface area contributed by atoms with Gasteiger partial charge in [0, 0.05) is 37.4 Å². The highest BCUT2D eigenvalue weighted by Gasteiger charge is 2.26. The predicted octanol–water partition coefficient (Wildman–Crippen LogP) is 1.80. The summed E-state index contributed by atoms with van der Waals surface area (Å²) in [4.78, 5) is 28.6. The number of nitrogens with one attached hydrogen (secondary N) is 2. The molecular formula is C20H23FN4O2. The van der Waals surface area contributed by atoms with Gasteiger partial charge in [-0.3, -0.25) is 25.3 Å². The number of hydrogen-bond acceptors (Lipinski definition) is 4. The Kier molecular flexibility index (Phi) is 6.03. The Labute approximate surface area is 157 Å². The monoisotopic (exact) mass is 370 g/mol. The summed E-state index contributed by atoms with van der Waals surface area (Å²) in [5.74, 6) is -0.855. The highest BCUT2D eigenvalue weighted by atomic mass is 19.1. The van der Waals surface area contributed by atoms with E-state index < -0.39 is 0 Å². The van der Waals surface area contributed by atoms with Crippen molar-refractivity contribution in [3.63, 3.8) is 0 Å². The third kappa shape index (κ3) is 4.83. The number of carbonyl (C=O) groups excluding carboxylic acids is 2. The van der Waals surface area contributed by atoms with E-state index >= 15 is 0 Å². The number of amides is 2. The van der Waals surface area contributed by atoms with Crippen LogP contribution in [0.4, 0.5) is 10.1 Å². The number of halogens is 1. The van der Waals surface area contributed by atoms with Crippen LogP contribution < -0.4 is 15.8 Å². The van der Waals surface area contributed by atoms with Crippen molar-refractivity contribution in [2.75, 3.05) is 31.1 Å². The molecular weight excluding hydrogens is 347 g/mol. The quantitative estimate of drug-likeness (QED) is 0.806. The molecule has 0 aliphatic carbocycles. The Morgan fingerprint density at radius 2 is 1.56 bits per heavy atom. The van der Waals surface area contributed by atoms with Gasteiger partial charge in [0.1, 0.15) is 5.82 Å². The Bertz CT molecular complexity index is 774. The molecule has 1 heterocycles. The van der Waals surface area contributed by atoms with Crippen LogP contribution in [0.25, 0.3) is 0 Å². The van der Waals surface area contributed by atoms with Crippen molar-refractivity contribution in [2.24, 2.45) is 0 Å². The molecule has 0 bridgehead atoms. The smallest absolute Gasteiger partial charge is 0.269 e. The van der Waals surface area contributed by atoms with Gasteiger partial charge < -0.3 is 4.90 Å². The van der Waals surface area contributed by atoms with Crippen LogP contribution in [0.2, 0.25) is 0 Å². The molecule has 0 aromatic heterocycles. The standard InChI is InChI=1S/C20H23FN4O2/c1-15(19(26)22-23-20(27)16-5-3-2-4-6-16)24-11-13-25(14-12-24)18-9-7-17(21)8-10-18/h2-10,15H,11-14H2,1H3,(H,22,26)(H,23,27). The van der Waals surface area contributed by atoms with Crippen molar-refractivity contribution in [2.45, 2.75) is 13.0 Å². The summed E-state index contributed by atoms with van der Waals surface area (Å²) in [5, 5.41) is 0. The van der Waals surface area contributed by atoms with Crippen LogP contribution in [-0.2, 0) is 4.79 Å². The van der Waals surface area contributed by atoms with Crippen LogP contribution in [0, 0.1) is 5.82 Å². The second-order valence-corrected chi connectivity index (χ2v) is 6.48. The largest absolute Gasteiger partial charge is 0.369 e. The van der Waals surface area contributed by atoms with Gasteiger partial charge in [-0.2, -0.15) is 0 Å². The van der Waals surface area contributed by atoms with Gasteiger partial charge in [0.15, 0.2) is 0 Å². The molecule has 1 atom stereocenters. The molecule has 3 rings (SSSR count). The van der Waals surface area contributed by atoms with E-state index in [1.807, 2.05) is 13.0 Å². The molecule has 1 aliphatic rings. The molecule has 1 aliphatic heterocycles. The van der Waals surface area contributed by atoms with Gasteiger partial charge >= 0.3 is 0 Å². The predicted molar refractivity (Wildman–Crippen MR) is 102 cm³/mol. The molecule has 2 aromatic carbocycles. The van der Waals surface area contributed by atoms with Crippen molar-refractivity contribution >= 4 is 17.5 Å². The zero-order valence-electron chi connectivity index (χ0n) is 15.2. The van der Waals surface area contributed by atoms with Crippen LogP contribution >= 0.6 is 0 Å². The number of hydrogen-bond donors (Lipinski definition) is 2. The third-order valence-electron chi connectivity index (χ3n) is 4.77. The molecule has 1 fully saturated rings. The van der Waals surface area contributed by atoms with E-state index in [0.29, 0.717) is 18.7 Å². The highest BCUT2D eigenvalue weighted by Crippen LogP contribution is 2.17. The average molecular weight is 370 g/mol. The van der Waals surface area contributed by atoms with E-state index in [0.717, 1.165) is 18.8 Å². The van der Waals surface area contributed by atoms with E-state index in [1.165, 1.54) is 12.1 Å². The van der Waals surface area contributed by atoms with Gasteiger partial charge in [-0.05, 0) is 43.3 Å². The number of anilines is 1. The lowest BCUT2D eigenvalue weighted by atomic mass is 10.2. The Balaban J connectivity index is 1.47. The van der Waals surface area contributed by atoms with Gasteiger partial charge in [-0.15, -0.1) is 0 Å². The van der Waals surface area contributed by atoms with E-state index in [4.69, 9.17) is 0 Å². The lowest BCUT2D eigenvalue weighted by molar-refractivity contribution is -0.126. The maximum Gasteiger partial charge on any atom is 0.269 e. The first-order valence-corrected chi connectivity index (χ1v) is 8.94. The molecule has 0 saturated carbocycles. The van der Waals surface area contributed by atoms with Crippen molar-refractivity contribution in [3.8, 4) is 0 Å². The second-order valence-electron chi connectivity index (χ2n) is 6.48. The number of benzene rings is 2. The first-order chi connectivity index (χ1) is 13.0. The Morgan fingerprint density at radius 3 is 2.19 bits per heavy atom. The molecule has 27 heavy (non-hydrogen) atoms. The fourth-order valence-corrected chi connectivity index (χ4v) is 3.07. The zero-order chi connectivity index (χ0) is 19.2. The topological polar surface area (TPSA) is 64.7 Å². The van der Waals surface area contributed by atoms with Gasteiger partial charge in [-0.1, -0.05) is 18.2 Å². The van der Waals surface area contributed by atoms with Crippen molar-refractivity contribution in [3.05, 3.63) is 66.0 Å². The zero-order valence-corrected chi connectivity index (χ0v) is 15.2. The molecule has 0 spiro atoms. The third-order valence-corrected chi connectivity index (χ3v) is 4.77. The summed E-state index contributed by atoms with van der Waals surface area (Å²) in [6.45, 7) is 4.73. The van der Waals surface area contributed by atoms with Crippen LogP contribution in [-0.4, -0.2) is 48.9 Å². The van der Waals surface area contributed by atoms with Crippen LogP contribution in [0.1, 0.15) is 17.3 Å². The number of nitrogens with zero attached hydrogens (tertiary/aromatic N) is 2. The maximum absolute atomic E-state index is 13.0. The first kappa shape index (κ1) is 18.8. The molecule has 2 N–H and O–H groups in total. The fraction of sp³-hybridized carbons (Fsp3) is 0.300. The number of piperazine rings is 1. The number of hydrazine groups is 1. The molecule has 6 nitrogen and oxygen atoms in total. The van der Waals surface area contributed by atoms with Gasteiger partial charge in [0.25, 0.3) is 11.8 Å². The molecule has 1 saturated heterocycles. The molecule has 142 valence electrons. The first-order valence-electron chi connectivity index (χ1n) is 8.94. The summed E-state index contributed by atoms with van der Waals surface area (Å²) in [6.07, 6.45) is 0. The Morgan fingerprint density at radius 1 is 0.926 bits per heavy atom. The fourth-order valence-electron chi connectivity index (χ4n) is 3.07. The minimum atomic E-state index is -0.364. The van der Waals surface area contributed by atoms with Crippen molar-refractivity contribution in [1.29, 1.82) is 0 Å². The van der Waals surface area contributed by atoms with Crippen LogP contribution in [0.15, 0.2) is 54.6 Å². The van der Waals surface area contributed by atoms with E-state index in [2.05, 4.69) is 20.7 Å². The van der Waals surface area contributed by atoms with E-state index in [9.17, 15) is 14.0 Å². The number of carbonyl (C=O) groups is 2. The van der Waals surface area contributed by atoms with Crippen molar-refractivity contribution < 1.29 is 14.0 Å². The SMILES string of the molecule is CC(C(=O)NNC(=O)c1ccccc1)N1CCN(c2ccc(F)cc2)CC1. The van der Waals surface area contributed by atoms with Gasteiger partial charge in [0.05, 0.1) is 6.04 Å². The highest BCUT2D eigenvalue weighted by molar-refractivity contribution is 5.95. The minimum Gasteiger partial charge on any atom is -0.369 e. The van der Waals surface area contributed by atoms with Gasteiger partial charge in [0.2, 0.25) is 0 Å². The molecule has 0 radical (unpaired) electrons. The Hall–Kier alpha value is -2.93. The lowest BCUT2D eigenvalue weighted by Crippen LogP contribution is -2.56. The van der Waals surface area contributed by atoms with E-state index in [-0.39, 0.29) is 23.7 Å². The summed E-state index contributed by atoms with van der Waals surface area (Å²) in [6, 6.07) is 14.8. The summed E-state index contributed by atoms with van der Waals surface area (Å²) in [5.41, 5.74) is 6.40. The summed E-state index contributed by atoms with van der Waals surface area (Å²) in [7, 11) is 0. The second kappa shape index (κ2) is 8.64. The van der Waals surface area contributed by atoms with Crippen LogP contribution in [0.3, 0.4) is 0 Å². The summed E-state index contributed by atoms with van der Waals surface area (Å²) >= 11 is 0. The van der Waals surface area contributed by atoms with Gasteiger partial charge in [-0.25, -0.2) is 4.39 Å².